The summed E-state index contributed by atoms with van der Waals surface area (Å²) in [5, 5.41) is 0. The summed E-state index contributed by atoms with van der Waals surface area (Å²) in [7, 11) is -3.79. The fourth-order valence-corrected chi connectivity index (χ4v) is 2.51. The molecule has 1 aromatic carbocycles. The molecular formula is C14H22N4O4S. The van der Waals surface area contributed by atoms with Crippen LogP contribution >= 0.6 is 0 Å². The number of sulfonamides is 1. The zero-order valence-corrected chi connectivity index (χ0v) is 14.1. The standard InChI is InChI=1S/C14H22N4O4S/c1-9(2)13(15)14(20)18-17-12(19)8-16-23(21,22)11-6-4-10(3)5-7-11/h4-7,9,13,16H,8,15H2,1-3H3,(H,17,19)(H,18,20). The lowest BCUT2D eigenvalue weighted by Gasteiger charge is -2.15. The second-order valence-electron chi connectivity index (χ2n) is 5.44. The van der Waals surface area contributed by atoms with Crippen LogP contribution in [0.25, 0.3) is 0 Å². The van der Waals surface area contributed by atoms with Gasteiger partial charge in [0.05, 0.1) is 17.5 Å². The average molecular weight is 342 g/mol. The van der Waals surface area contributed by atoms with Crippen molar-refractivity contribution in [3.05, 3.63) is 29.8 Å². The lowest BCUT2D eigenvalue weighted by atomic mass is 10.1. The molecule has 0 aliphatic carbocycles. The molecule has 1 atom stereocenters. The van der Waals surface area contributed by atoms with E-state index in [-0.39, 0.29) is 10.8 Å². The summed E-state index contributed by atoms with van der Waals surface area (Å²) in [6, 6.07) is 5.43. The highest BCUT2D eigenvalue weighted by atomic mass is 32.2. The van der Waals surface area contributed by atoms with E-state index in [2.05, 4.69) is 15.6 Å². The van der Waals surface area contributed by atoms with Gasteiger partial charge < -0.3 is 5.73 Å². The van der Waals surface area contributed by atoms with Gasteiger partial charge >= 0.3 is 0 Å². The maximum Gasteiger partial charge on any atom is 0.255 e. The summed E-state index contributed by atoms with van der Waals surface area (Å²) in [6.45, 7) is 4.86. The fourth-order valence-electron chi connectivity index (χ4n) is 1.52. The van der Waals surface area contributed by atoms with E-state index in [4.69, 9.17) is 5.73 Å². The lowest BCUT2D eigenvalue weighted by molar-refractivity contribution is -0.129. The number of hydrogen-bond donors (Lipinski definition) is 4. The van der Waals surface area contributed by atoms with Gasteiger partial charge in [-0.15, -0.1) is 0 Å². The Labute approximate surface area is 135 Å². The quantitative estimate of drug-likeness (QED) is 0.513. The first kappa shape index (κ1) is 19.1. The second-order valence-corrected chi connectivity index (χ2v) is 7.21. The van der Waals surface area contributed by atoms with Crippen molar-refractivity contribution in [1.82, 2.24) is 15.6 Å². The Morgan fingerprint density at radius 2 is 1.70 bits per heavy atom. The Hall–Kier alpha value is -1.97. The number of hydrogen-bond acceptors (Lipinski definition) is 5. The Kier molecular flexibility index (Phi) is 6.67. The van der Waals surface area contributed by atoms with Crippen LogP contribution in [0.3, 0.4) is 0 Å². The van der Waals surface area contributed by atoms with Gasteiger partial charge in [-0.2, -0.15) is 0 Å². The van der Waals surface area contributed by atoms with Crippen LogP contribution in [0.5, 0.6) is 0 Å². The molecule has 0 bridgehead atoms. The monoisotopic (exact) mass is 342 g/mol. The van der Waals surface area contributed by atoms with Crippen molar-refractivity contribution < 1.29 is 18.0 Å². The van der Waals surface area contributed by atoms with Crippen molar-refractivity contribution in [2.75, 3.05) is 6.54 Å². The van der Waals surface area contributed by atoms with E-state index in [0.29, 0.717) is 0 Å². The van der Waals surface area contributed by atoms with Gasteiger partial charge in [0.15, 0.2) is 0 Å². The van der Waals surface area contributed by atoms with Crippen molar-refractivity contribution in [3.8, 4) is 0 Å². The molecule has 1 unspecified atom stereocenters. The number of amides is 2. The summed E-state index contributed by atoms with van der Waals surface area (Å²) in [6.07, 6.45) is 0. The second kappa shape index (κ2) is 8.04. The number of nitrogens with two attached hydrogens (primary N) is 1. The molecule has 0 heterocycles. The molecule has 0 aliphatic rings. The average Bonchev–Trinajstić information content (AvgIpc) is 2.50. The van der Waals surface area contributed by atoms with Gasteiger partial charge in [0.25, 0.3) is 11.8 Å². The van der Waals surface area contributed by atoms with Crippen LogP contribution in [0.2, 0.25) is 0 Å². The molecule has 1 aromatic rings. The smallest absolute Gasteiger partial charge is 0.255 e. The van der Waals surface area contributed by atoms with E-state index in [0.717, 1.165) is 5.56 Å². The third-order valence-corrected chi connectivity index (χ3v) is 4.52. The highest BCUT2D eigenvalue weighted by molar-refractivity contribution is 7.89. The van der Waals surface area contributed by atoms with E-state index in [1.807, 2.05) is 6.92 Å². The topological polar surface area (TPSA) is 130 Å². The molecule has 0 saturated carbocycles. The number of benzene rings is 1. The zero-order chi connectivity index (χ0) is 17.6. The van der Waals surface area contributed by atoms with E-state index >= 15 is 0 Å². The van der Waals surface area contributed by atoms with Crippen LogP contribution in [0, 0.1) is 12.8 Å². The zero-order valence-electron chi connectivity index (χ0n) is 13.3. The molecule has 0 aliphatic heterocycles. The molecule has 8 nitrogen and oxygen atoms in total. The molecule has 9 heteroatoms. The molecule has 0 aromatic heterocycles. The van der Waals surface area contributed by atoms with E-state index in [9.17, 15) is 18.0 Å². The normalized spacial score (nSPS) is 12.7. The van der Waals surface area contributed by atoms with Crippen molar-refractivity contribution >= 4 is 21.8 Å². The largest absolute Gasteiger partial charge is 0.320 e. The Morgan fingerprint density at radius 3 is 2.22 bits per heavy atom. The lowest BCUT2D eigenvalue weighted by Crippen LogP contribution is -2.52. The highest BCUT2D eigenvalue weighted by Gasteiger charge is 2.18. The molecule has 5 N–H and O–H groups in total. The molecule has 0 fully saturated rings. The molecule has 0 radical (unpaired) electrons. The van der Waals surface area contributed by atoms with Crippen LogP contribution in [0.4, 0.5) is 0 Å². The van der Waals surface area contributed by atoms with Gasteiger partial charge in [-0.3, -0.25) is 20.4 Å². The van der Waals surface area contributed by atoms with Gasteiger partial charge in [0.1, 0.15) is 0 Å². The third-order valence-electron chi connectivity index (χ3n) is 3.10. The van der Waals surface area contributed by atoms with Crippen LogP contribution in [-0.2, 0) is 19.6 Å². The Morgan fingerprint density at radius 1 is 1.13 bits per heavy atom. The third kappa shape index (κ3) is 5.97. The van der Waals surface area contributed by atoms with Crippen LogP contribution < -0.4 is 21.3 Å². The summed E-state index contributed by atoms with van der Waals surface area (Å²) in [5.41, 5.74) is 10.8. The Bertz CT molecular complexity index is 656. The Balaban J connectivity index is 2.49. The maximum absolute atomic E-state index is 12.0. The summed E-state index contributed by atoms with van der Waals surface area (Å²) in [4.78, 5) is 23.2. The predicted octanol–water partition coefficient (Wildman–Crippen LogP) is -0.596. The molecule has 0 spiro atoms. The van der Waals surface area contributed by atoms with Crippen molar-refractivity contribution in [1.29, 1.82) is 0 Å². The SMILES string of the molecule is Cc1ccc(S(=O)(=O)NCC(=O)NNC(=O)C(N)C(C)C)cc1. The summed E-state index contributed by atoms with van der Waals surface area (Å²) in [5.74, 6) is -1.34. The number of carbonyl (C=O) groups is 2. The minimum atomic E-state index is -3.79. The molecule has 23 heavy (non-hydrogen) atoms. The molecule has 1 rings (SSSR count). The van der Waals surface area contributed by atoms with Crippen LogP contribution in [0.15, 0.2) is 29.2 Å². The molecular weight excluding hydrogens is 320 g/mol. The first-order chi connectivity index (χ1) is 10.6. The van der Waals surface area contributed by atoms with E-state index < -0.39 is 34.4 Å². The van der Waals surface area contributed by atoms with Crippen molar-refractivity contribution in [2.24, 2.45) is 11.7 Å². The first-order valence-electron chi connectivity index (χ1n) is 7.04. The van der Waals surface area contributed by atoms with Crippen LogP contribution in [-0.4, -0.2) is 32.8 Å². The molecule has 0 saturated heterocycles. The van der Waals surface area contributed by atoms with Crippen LogP contribution in [0.1, 0.15) is 19.4 Å². The van der Waals surface area contributed by atoms with Gasteiger partial charge in [0, 0.05) is 0 Å². The number of hydrazine groups is 1. The molecule has 2 amide bonds. The number of rotatable bonds is 6. The first-order valence-corrected chi connectivity index (χ1v) is 8.52. The van der Waals surface area contributed by atoms with E-state index in [1.165, 1.54) is 12.1 Å². The minimum absolute atomic E-state index is 0.0572. The number of nitrogens with one attached hydrogen (secondary N) is 3. The van der Waals surface area contributed by atoms with Gasteiger partial charge in [-0.25, -0.2) is 13.1 Å². The summed E-state index contributed by atoms with van der Waals surface area (Å²) < 4.78 is 26.1. The van der Waals surface area contributed by atoms with Gasteiger partial charge in [-0.05, 0) is 25.0 Å². The van der Waals surface area contributed by atoms with Gasteiger partial charge in [-0.1, -0.05) is 31.5 Å². The van der Waals surface area contributed by atoms with Crippen molar-refractivity contribution in [2.45, 2.75) is 31.7 Å². The number of carbonyl (C=O) groups excluding carboxylic acids is 2. The summed E-state index contributed by atoms with van der Waals surface area (Å²) >= 11 is 0. The van der Waals surface area contributed by atoms with Crippen molar-refractivity contribution in [3.63, 3.8) is 0 Å². The minimum Gasteiger partial charge on any atom is -0.320 e. The van der Waals surface area contributed by atoms with E-state index in [1.54, 1.807) is 26.0 Å². The van der Waals surface area contributed by atoms with Gasteiger partial charge in [0.2, 0.25) is 10.0 Å². The molecule has 128 valence electrons. The highest BCUT2D eigenvalue weighted by Crippen LogP contribution is 2.09. The predicted molar refractivity (Wildman–Crippen MR) is 85.5 cm³/mol. The fraction of sp³-hybridized carbons (Fsp3) is 0.429. The number of aryl methyl sites for hydroxylation is 1. The maximum atomic E-state index is 12.0.